The van der Waals surface area contributed by atoms with Crippen molar-refractivity contribution in [3.63, 3.8) is 0 Å². The molecule has 0 unspecified atom stereocenters. The average Bonchev–Trinajstić information content (AvgIpc) is 2.49. The van der Waals surface area contributed by atoms with Gasteiger partial charge < -0.3 is 10.5 Å². The molecule has 0 saturated carbocycles. The molecule has 0 atom stereocenters. The van der Waals surface area contributed by atoms with Crippen LogP contribution in [0.5, 0.6) is 5.75 Å². The summed E-state index contributed by atoms with van der Waals surface area (Å²) in [5, 5.41) is 0. The molecule has 0 aromatic heterocycles. The molecule has 1 heterocycles. The highest BCUT2D eigenvalue weighted by Gasteiger charge is 2.19. The number of thiocarbonyl (C=S) groups is 1. The summed E-state index contributed by atoms with van der Waals surface area (Å²) in [6, 6.07) is 5.96. The van der Waals surface area contributed by atoms with Gasteiger partial charge in [-0.3, -0.25) is 4.90 Å². The Balaban J connectivity index is 2.02. The third-order valence-electron chi connectivity index (χ3n) is 4.36. The summed E-state index contributed by atoms with van der Waals surface area (Å²) in [6.07, 6.45) is 5.29. The summed E-state index contributed by atoms with van der Waals surface area (Å²) in [5.41, 5.74) is 7.83. The van der Waals surface area contributed by atoms with Crippen LogP contribution >= 0.6 is 12.2 Å². The molecule has 0 amide bonds. The second-order valence-electron chi connectivity index (χ2n) is 5.90. The van der Waals surface area contributed by atoms with Crippen LogP contribution in [0, 0.1) is 5.92 Å². The molecule has 4 heteroatoms. The Morgan fingerprint density at radius 1 is 1.38 bits per heavy atom. The highest BCUT2D eigenvalue weighted by Crippen LogP contribution is 2.26. The van der Waals surface area contributed by atoms with Gasteiger partial charge in [0.1, 0.15) is 10.7 Å². The van der Waals surface area contributed by atoms with E-state index < -0.39 is 0 Å². The number of ether oxygens (including phenoxy) is 1. The first-order valence-corrected chi connectivity index (χ1v) is 8.24. The Morgan fingerprint density at radius 2 is 2.10 bits per heavy atom. The van der Waals surface area contributed by atoms with Gasteiger partial charge in [-0.25, -0.2) is 0 Å². The van der Waals surface area contributed by atoms with E-state index in [1.807, 2.05) is 12.1 Å². The lowest BCUT2D eigenvalue weighted by molar-refractivity contribution is 0.170. The standard InChI is InChI=1S/C17H26N2OS/c1-3-4-13-7-9-19(10-8-13)12-15-11-14(17(18)21)5-6-16(15)20-2/h5-6,11,13H,3-4,7-10,12H2,1-2H3,(H2,18,21). The van der Waals surface area contributed by atoms with Crippen molar-refractivity contribution >= 4 is 17.2 Å². The third-order valence-corrected chi connectivity index (χ3v) is 4.60. The lowest BCUT2D eigenvalue weighted by Crippen LogP contribution is -2.33. The van der Waals surface area contributed by atoms with Gasteiger partial charge in [-0.1, -0.05) is 32.0 Å². The number of nitrogens with zero attached hydrogens (tertiary/aromatic N) is 1. The fraction of sp³-hybridized carbons (Fsp3) is 0.588. The van der Waals surface area contributed by atoms with Gasteiger partial charge in [0, 0.05) is 17.7 Å². The molecule has 116 valence electrons. The number of likely N-dealkylation sites (tertiary alicyclic amines) is 1. The maximum Gasteiger partial charge on any atom is 0.123 e. The van der Waals surface area contributed by atoms with E-state index in [9.17, 15) is 0 Å². The predicted octanol–water partition coefficient (Wildman–Crippen LogP) is 3.34. The lowest BCUT2D eigenvalue weighted by Gasteiger charge is -2.32. The van der Waals surface area contributed by atoms with E-state index in [1.54, 1.807) is 7.11 Å². The fourth-order valence-electron chi connectivity index (χ4n) is 3.14. The molecule has 0 radical (unpaired) electrons. The summed E-state index contributed by atoms with van der Waals surface area (Å²) < 4.78 is 5.47. The quantitative estimate of drug-likeness (QED) is 0.818. The zero-order chi connectivity index (χ0) is 15.2. The summed E-state index contributed by atoms with van der Waals surface area (Å²) in [7, 11) is 1.72. The molecule has 0 aliphatic carbocycles. The van der Waals surface area contributed by atoms with Crippen LogP contribution in [0.1, 0.15) is 43.7 Å². The molecule has 1 fully saturated rings. The number of benzene rings is 1. The van der Waals surface area contributed by atoms with Crippen molar-refractivity contribution in [1.29, 1.82) is 0 Å². The number of hydrogen-bond donors (Lipinski definition) is 1. The Morgan fingerprint density at radius 3 is 2.67 bits per heavy atom. The van der Waals surface area contributed by atoms with Crippen LogP contribution in [0.3, 0.4) is 0 Å². The smallest absolute Gasteiger partial charge is 0.123 e. The highest BCUT2D eigenvalue weighted by atomic mass is 32.1. The molecule has 1 aromatic carbocycles. The van der Waals surface area contributed by atoms with Crippen LogP contribution in [-0.4, -0.2) is 30.1 Å². The maximum absolute atomic E-state index is 5.74. The Kier molecular flexibility index (Phi) is 6.00. The Bertz CT molecular complexity index is 482. The van der Waals surface area contributed by atoms with E-state index in [2.05, 4.69) is 17.9 Å². The normalized spacial score (nSPS) is 16.9. The molecular formula is C17H26N2OS. The van der Waals surface area contributed by atoms with E-state index in [1.165, 1.54) is 44.3 Å². The van der Waals surface area contributed by atoms with E-state index >= 15 is 0 Å². The molecule has 3 nitrogen and oxygen atoms in total. The van der Waals surface area contributed by atoms with E-state index in [4.69, 9.17) is 22.7 Å². The fourth-order valence-corrected chi connectivity index (χ4v) is 3.26. The van der Waals surface area contributed by atoms with Gasteiger partial charge in [0.2, 0.25) is 0 Å². The van der Waals surface area contributed by atoms with Crippen molar-refractivity contribution < 1.29 is 4.74 Å². The van der Waals surface area contributed by atoms with Crippen LogP contribution in [0.2, 0.25) is 0 Å². The monoisotopic (exact) mass is 306 g/mol. The lowest BCUT2D eigenvalue weighted by atomic mass is 9.92. The number of nitrogens with two attached hydrogens (primary N) is 1. The van der Waals surface area contributed by atoms with E-state index in [0.717, 1.165) is 23.8 Å². The molecule has 1 aliphatic rings. The summed E-state index contributed by atoms with van der Waals surface area (Å²) >= 11 is 5.07. The minimum Gasteiger partial charge on any atom is -0.496 e. The van der Waals surface area contributed by atoms with E-state index in [0.29, 0.717) is 4.99 Å². The van der Waals surface area contributed by atoms with Crippen molar-refractivity contribution in [2.24, 2.45) is 11.7 Å². The highest BCUT2D eigenvalue weighted by molar-refractivity contribution is 7.80. The van der Waals surface area contributed by atoms with Gasteiger partial charge in [-0.2, -0.15) is 0 Å². The van der Waals surface area contributed by atoms with Gasteiger partial charge in [0.25, 0.3) is 0 Å². The predicted molar refractivity (Wildman–Crippen MR) is 91.8 cm³/mol. The third kappa shape index (κ3) is 4.42. The minimum absolute atomic E-state index is 0.445. The van der Waals surface area contributed by atoms with Crippen LogP contribution < -0.4 is 10.5 Å². The second kappa shape index (κ2) is 7.76. The zero-order valence-electron chi connectivity index (χ0n) is 13.1. The molecule has 2 N–H and O–H groups in total. The maximum atomic E-state index is 5.74. The first kappa shape index (κ1) is 16.2. The van der Waals surface area contributed by atoms with Crippen molar-refractivity contribution in [3.8, 4) is 5.75 Å². The first-order valence-electron chi connectivity index (χ1n) is 7.83. The van der Waals surface area contributed by atoms with Gasteiger partial charge in [-0.15, -0.1) is 0 Å². The van der Waals surface area contributed by atoms with E-state index in [-0.39, 0.29) is 0 Å². The molecule has 21 heavy (non-hydrogen) atoms. The average molecular weight is 306 g/mol. The van der Waals surface area contributed by atoms with Crippen LogP contribution in [0.25, 0.3) is 0 Å². The Labute approximate surface area is 133 Å². The minimum atomic E-state index is 0.445. The molecule has 2 rings (SSSR count). The topological polar surface area (TPSA) is 38.5 Å². The largest absolute Gasteiger partial charge is 0.496 e. The molecular weight excluding hydrogens is 280 g/mol. The van der Waals surface area contributed by atoms with Crippen LogP contribution in [0.15, 0.2) is 18.2 Å². The molecule has 0 bridgehead atoms. The molecule has 0 spiro atoms. The SMILES string of the molecule is CCCC1CCN(Cc2cc(C(N)=S)ccc2OC)CC1. The van der Waals surface area contributed by atoms with Crippen molar-refractivity contribution in [2.75, 3.05) is 20.2 Å². The number of piperidine rings is 1. The zero-order valence-corrected chi connectivity index (χ0v) is 13.9. The Hall–Kier alpha value is -1.13. The molecule has 1 aromatic rings. The first-order chi connectivity index (χ1) is 10.1. The summed E-state index contributed by atoms with van der Waals surface area (Å²) in [4.78, 5) is 2.95. The number of hydrogen-bond acceptors (Lipinski definition) is 3. The number of methoxy groups -OCH3 is 1. The van der Waals surface area contributed by atoms with Crippen LogP contribution in [-0.2, 0) is 6.54 Å². The van der Waals surface area contributed by atoms with Crippen molar-refractivity contribution in [1.82, 2.24) is 4.90 Å². The van der Waals surface area contributed by atoms with Gasteiger partial charge in [0.05, 0.1) is 7.11 Å². The summed E-state index contributed by atoms with van der Waals surface area (Å²) in [5.74, 6) is 1.83. The van der Waals surface area contributed by atoms with Gasteiger partial charge in [-0.05, 0) is 50.0 Å². The van der Waals surface area contributed by atoms with Crippen molar-refractivity contribution in [3.05, 3.63) is 29.3 Å². The van der Waals surface area contributed by atoms with Gasteiger partial charge in [0.15, 0.2) is 0 Å². The molecule has 1 aliphatic heterocycles. The van der Waals surface area contributed by atoms with Crippen LogP contribution in [0.4, 0.5) is 0 Å². The summed E-state index contributed by atoms with van der Waals surface area (Å²) in [6.45, 7) is 5.53. The molecule has 1 saturated heterocycles. The van der Waals surface area contributed by atoms with Gasteiger partial charge >= 0.3 is 0 Å². The second-order valence-corrected chi connectivity index (χ2v) is 6.34. The van der Waals surface area contributed by atoms with Crippen molar-refractivity contribution in [2.45, 2.75) is 39.2 Å². The number of rotatable bonds is 6.